The summed E-state index contributed by atoms with van der Waals surface area (Å²) >= 11 is 0. The van der Waals surface area contributed by atoms with Crippen molar-refractivity contribution in [3.8, 4) is 0 Å². The first-order valence-electron chi connectivity index (χ1n) is 11.4. The molecule has 0 aliphatic heterocycles. The number of fused-ring (bicyclic) bond motifs is 1. The van der Waals surface area contributed by atoms with E-state index < -0.39 is 0 Å². The van der Waals surface area contributed by atoms with Gasteiger partial charge in [0.2, 0.25) is 0 Å². The lowest BCUT2D eigenvalue weighted by molar-refractivity contribution is 0.0618. The topological polar surface area (TPSA) is 48.1 Å². The predicted molar refractivity (Wildman–Crippen MR) is 122 cm³/mol. The second-order valence-corrected chi connectivity index (χ2v) is 8.97. The van der Waals surface area contributed by atoms with Crippen molar-refractivity contribution in [2.24, 2.45) is 0 Å². The van der Waals surface area contributed by atoms with E-state index in [0.717, 1.165) is 30.3 Å². The standard InChI is InChI=1S/C26H31N3O/c1-2-29(25(30)24-17-19-9-6-7-14-23(19)27-24)22-13-8-12-21(18-22)28-26(15-16-26)20-10-4-3-5-11-20/h3-7,9-11,14,17,21-22,27-28H,2,8,12-13,15-16,18H2,1H3/t21-,22?/m1/s1. The van der Waals surface area contributed by atoms with Gasteiger partial charge >= 0.3 is 0 Å². The highest BCUT2D eigenvalue weighted by molar-refractivity contribution is 5.98. The second kappa shape index (κ2) is 7.92. The van der Waals surface area contributed by atoms with Crippen LogP contribution in [0.5, 0.6) is 0 Å². The lowest BCUT2D eigenvalue weighted by Gasteiger charge is -2.38. The molecule has 156 valence electrons. The molecule has 30 heavy (non-hydrogen) atoms. The van der Waals surface area contributed by atoms with Gasteiger partial charge in [0, 0.05) is 35.1 Å². The molecular formula is C26H31N3O. The van der Waals surface area contributed by atoms with Crippen molar-refractivity contribution in [1.29, 1.82) is 0 Å². The van der Waals surface area contributed by atoms with Gasteiger partial charge in [0.05, 0.1) is 0 Å². The zero-order valence-corrected chi connectivity index (χ0v) is 17.7. The molecule has 1 aromatic heterocycles. The molecule has 2 fully saturated rings. The van der Waals surface area contributed by atoms with Crippen LogP contribution >= 0.6 is 0 Å². The van der Waals surface area contributed by atoms with Crippen LogP contribution in [0.3, 0.4) is 0 Å². The zero-order chi connectivity index (χ0) is 20.6. The number of rotatable bonds is 6. The summed E-state index contributed by atoms with van der Waals surface area (Å²) in [6.07, 6.45) is 6.92. The van der Waals surface area contributed by atoms with E-state index in [2.05, 4.69) is 58.5 Å². The fraction of sp³-hybridized carbons (Fsp3) is 0.423. The molecule has 2 aromatic carbocycles. The van der Waals surface area contributed by atoms with Gasteiger partial charge in [0.25, 0.3) is 5.91 Å². The van der Waals surface area contributed by atoms with Crippen LogP contribution in [0, 0.1) is 0 Å². The fourth-order valence-corrected chi connectivity index (χ4v) is 5.28. The van der Waals surface area contributed by atoms with Gasteiger partial charge in [-0.2, -0.15) is 0 Å². The summed E-state index contributed by atoms with van der Waals surface area (Å²) in [5.41, 5.74) is 3.30. The first-order valence-corrected chi connectivity index (χ1v) is 11.4. The first-order chi connectivity index (χ1) is 14.7. The van der Waals surface area contributed by atoms with Gasteiger partial charge in [-0.15, -0.1) is 0 Å². The van der Waals surface area contributed by atoms with Crippen molar-refractivity contribution in [1.82, 2.24) is 15.2 Å². The van der Waals surface area contributed by atoms with Crippen LogP contribution in [0.4, 0.5) is 0 Å². The molecular weight excluding hydrogens is 370 g/mol. The average Bonchev–Trinajstić information content (AvgIpc) is 3.43. The van der Waals surface area contributed by atoms with E-state index in [-0.39, 0.29) is 11.4 Å². The smallest absolute Gasteiger partial charge is 0.270 e. The van der Waals surface area contributed by atoms with Crippen LogP contribution in [0.25, 0.3) is 10.9 Å². The molecule has 0 saturated heterocycles. The third-order valence-corrected chi connectivity index (χ3v) is 7.01. The Morgan fingerprint density at radius 1 is 1.10 bits per heavy atom. The van der Waals surface area contributed by atoms with E-state index in [4.69, 9.17) is 0 Å². The summed E-state index contributed by atoms with van der Waals surface area (Å²) in [7, 11) is 0. The van der Waals surface area contributed by atoms with Crippen molar-refractivity contribution in [2.75, 3.05) is 6.54 Å². The average molecular weight is 402 g/mol. The zero-order valence-electron chi connectivity index (χ0n) is 17.7. The summed E-state index contributed by atoms with van der Waals surface area (Å²) in [6.45, 7) is 2.85. The lowest BCUT2D eigenvalue weighted by Crippen LogP contribution is -2.49. The Morgan fingerprint density at radius 2 is 1.87 bits per heavy atom. The van der Waals surface area contributed by atoms with Crippen LogP contribution in [0.2, 0.25) is 0 Å². The Morgan fingerprint density at radius 3 is 2.60 bits per heavy atom. The molecule has 2 aliphatic rings. The van der Waals surface area contributed by atoms with Crippen molar-refractivity contribution in [3.63, 3.8) is 0 Å². The third-order valence-electron chi connectivity index (χ3n) is 7.01. The predicted octanol–water partition coefficient (Wildman–Crippen LogP) is 5.22. The third kappa shape index (κ3) is 3.65. The molecule has 1 heterocycles. The first kappa shape index (κ1) is 19.4. The SMILES string of the molecule is CCN(C(=O)c1cc2ccccc2[nH]1)C1CCC[C@@H](NC2(c3ccccc3)CC2)C1. The van der Waals surface area contributed by atoms with Crippen LogP contribution in [0.1, 0.15) is 61.5 Å². The van der Waals surface area contributed by atoms with Gasteiger partial charge in [-0.05, 0) is 63.1 Å². The Labute approximate surface area is 178 Å². The molecule has 0 spiro atoms. The number of H-pyrrole nitrogens is 1. The second-order valence-electron chi connectivity index (χ2n) is 8.97. The number of carbonyl (C=O) groups excluding carboxylic acids is 1. The normalized spacial score (nSPS) is 22.7. The number of benzene rings is 2. The van der Waals surface area contributed by atoms with Gasteiger partial charge in [-0.25, -0.2) is 0 Å². The van der Waals surface area contributed by atoms with E-state index in [1.807, 2.05) is 24.3 Å². The van der Waals surface area contributed by atoms with Crippen molar-refractivity contribution in [3.05, 3.63) is 71.9 Å². The highest BCUT2D eigenvalue weighted by atomic mass is 16.2. The van der Waals surface area contributed by atoms with Gasteiger partial charge < -0.3 is 15.2 Å². The quantitative estimate of drug-likeness (QED) is 0.595. The number of hydrogen-bond donors (Lipinski definition) is 2. The van der Waals surface area contributed by atoms with Crippen LogP contribution in [-0.4, -0.2) is 34.4 Å². The molecule has 5 rings (SSSR count). The molecule has 3 aromatic rings. The molecule has 2 aliphatic carbocycles. The van der Waals surface area contributed by atoms with Crippen molar-refractivity contribution >= 4 is 16.8 Å². The van der Waals surface area contributed by atoms with Crippen LogP contribution in [-0.2, 0) is 5.54 Å². The summed E-state index contributed by atoms with van der Waals surface area (Å²) in [4.78, 5) is 18.8. The summed E-state index contributed by atoms with van der Waals surface area (Å²) in [6, 6.07) is 21.7. The molecule has 0 radical (unpaired) electrons. The number of aromatic amines is 1. The van der Waals surface area contributed by atoms with Crippen LogP contribution < -0.4 is 5.32 Å². The minimum absolute atomic E-state index is 0.128. The fourth-order valence-electron chi connectivity index (χ4n) is 5.28. The number of aromatic nitrogens is 1. The van der Waals surface area contributed by atoms with Gasteiger partial charge in [0.15, 0.2) is 0 Å². The highest BCUT2D eigenvalue weighted by Crippen LogP contribution is 2.46. The van der Waals surface area contributed by atoms with E-state index in [1.165, 1.54) is 31.2 Å². The van der Waals surface area contributed by atoms with E-state index in [0.29, 0.717) is 17.8 Å². The Kier molecular flexibility index (Phi) is 5.11. The molecule has 4 heteroatoms. The van der Waals surface area contributed by atoms with E-state index in [9.17, 15) is 4.79 Å². The summed E-state index contributed by atoms with van der Waals surface area (Å²) in [5, 5.41) is 5.08. The summed E-state index contributed by atoms with van der Waals surface area (Å²) < 4.78 is 0. The summed E-state index contributed by atoms with van der Waals surface area (Å²) in [5.74, 6) is 0.128. The lowest BCUT2D eigenvalue weighted by atomic mass is 9.88. The number of carbonyl (C=O) groups is 1. The maximum atomic E-state index is 13.3. The minimum atomic E-state index is 0.128. The minimum Gasteiger partial charge on any atom is -0.351 e. The Balaban J connectivity index is 1.30. The largest absolute Gasteiger partial charge is 0.351 e. The Bertz CT molecular complexity index is 988. The molecule has 2 atom stereocenters. The highest BCUT2D eigenvalue weighted by Gasteiger charge is 2.46. The molecule has 2 saturated carbocycles. The number of nitrogens with one attached hydrogen (secondary N) is 2. The number of hydrogen-bond acceptors (Lipinski definition) is 2. The molecule has 2 N–H and O–H groups in total. The van der Waals surface area contributed by atoms with Gasteiger partial charge in [-0.1, -0.05) is 48.5 Å². The monoisotopic (exact) mass is 401 g/mol. The van der Waals surface area contributed by atoms with E-state index in [1.54, 1.807) is 0 Å². The maximum Gasteiger partial charge on any atom is 0.270 e. The van der Waals surface area contributed by atoms with Gasteiger partial charge in [-0.3, -0.25) is 4.79 Å². The van der Waals surface area contributed by atoms with Crippen molar-refractivity contribution < 1.29 is 4.79 Å². The number of amides is 1. The number of nitrogens with zero attached hydrogens (tertiary/aromatic N) is 1. The molecule has 0 bridgehead atoms. The van der Waals surface area contributed by atoms with Gasteiger partial charge in [0.1, 0.15) is 5.69 Å². The molecule has 1 amide bonds. The molecule has 4 nitrogen and oxygen atoms in total. The molecule has 1 unspecified atom stereocenters. The van der Waals surface area contributed by atoms with E-state index >= 15 is 0 Å². The van der Waals surface area contributed by atoms with Crippen LogP contribution in [0.15, 0.2) is 60.7 Å². The van der Waals surface area contributed by atoms with Crippen molar-refractivity contribution in [2.45, 2.75) is 63.1 Å². The Hall–Kier alpha value is -2.59. The maximum absolute atomic E-state index is 13.3. The number of para-hydroxylation sites is 1.